The standard InChI is InChI=1S/C14H20F3N/c1-4-5-6-11(3)18-12-8-7-10(2)13(9-12)14(15,16)17/h7-9,11,18H,4-6H2,1-3H3. The zero-order valence-corrected chi connectivity index (χ0v) is 11.1. The summed E-state index contributed by atoms with van der Waals surface area (Å²) in [6.45, 7) is 5.57. The Kier molecular flexibility index (Phi) is 5.05. The lowest BCUT2D eigenvalue weighted by Crippen LogP contribution is -2.16. The van der Waals surface area contributed by atoms with Gasteiger partial charge in [0.15, 0.2) is 0 Å². The van der Waals surface area contributed by atoms with E-state index in [4.69, 9.17) is 0 Å². The Bertz CT molecular complexity index is 385. The maximum absolute atomic E-state index is 12.7. The highest BCUT2D eigenvalue weighted by Crippen LogP contribution is 2.33. The summed E-state index contributed by atoms with van der Waals surface area (Å²) in [5.41, 5.74) is 0.237. The molecular weight excluding hydrogens is 239 g/mol. The van der Waals surface area contributed by atoms with Crippen LogP contribution in [0.4, 0.5) is 18.9 Å². The van der Waals surface area contributed by atoms with Gasteiger partial charge in [-0.2, -0.15) is 13.2 Å². The van der Waals surface area contributed by atoms with Crippen molar-refractivity contribution in [2.45, 2.75) is 52.3 Å². The first kappa shape index (κ1) is 14.9. The first-order valence-electron chi connectivity index (χ1n) is 6.29. The fourth-order valence-electron chi connectivity index (χ4n) is 1.88. The van der Waals surface area contributed by atoms with E-state index in [9.17, 15) is 13.2 Å². The highest BCUT2D eigenvalue weighted by molar-refractivity contribution is 5.49. The molecule has 1 unspecified atom stereocenters. The van der Waals surface area contributed by atoms with Crippen LogP contribution in [0.25, 0.3) is 0 Å². The minimum Gasteiger partial charge on any atom is -0.383 e. The van der Waals surface area contributed by atoms with E-state index in [1.807, 2.05) is 6.92 Å². The second-order valence-corrected chi connectivity index (χ2v) is 4.72. The maximum Gasteiger partial charge on any atom is 0.416 e. The molecule has 0 aliphatic rings. The Morgan fingerprint density at radius 2 is 1.94 bits per heavy atom. The van der Waals surface area contributed by atoms with Crippen LogP contribution in [0.5, 0.6) is 0 Å². The third-order valence-electron chi connectivity index (χ3n) is 2.95. The number of rotatable bonds is 5. The van der Waals surface area contributed by atoms with E-state index in [0.717, 1.165) is 19.3 Å². The van der Waals surface area contributed by atoms with Gasteiger partial charge in [0.2, 0.25) is 0 Å². The van der Waals surface area contributed by atoms with Gasteiger partial charge in [-0.3, -0.25) is 0 Å². The Morgan fingerprint density at radius 3 is 2.50 bits per heavy atom. The zero-order valence-electron chi connectivity index (χ0n) is 11.1. The quantitative estimate of drug-likeness (QED) is 0.784. The predicted molar refractivity (Wildman–Crippen MR) is 68.8 cm³/mol. The van der Waals surface area contributed by atoms with Crippen molar-refractivity contribution in [2.24, 2.45) is 0 Å². The average molecular weight is 259 g/mol. The summed E-state index contributed by atoms with van der Waals surface area (Å²) in [5, 5.41) is 3.12. The second-order valence-electron chi connectivity index (χ2n) is 4.72. The van der Waals surface area contributed by atoms with Gasteiger partial charge in [-0.1, -0.05) is 25.8 Å². The monoisotopic (exact) mass is 259 g/mol. The highest BCUT2D eigenvalue weighted by Gasteiger charge is 2.32. The van der Waals surface area contributed by atoms with Crippen LogP contribution >= 0.6 is 0 Å². The van der Waals surface area contributed by atoms with Gasteiger partial charge in [-0.25, -0.2) is 0 Å². The van der Waals surface area contributed by atoms with E-state index in [0.29, 0.717) is 5.69 Å². The molecule has 1 atom stereocenters. The number of halogens is 3. The third kappa shape index (κ3) is 4.24. The zero-order chi connectivity index (χ0) is 13.8. The van der Waals surface area contributed by atoms with Gasteiger partial charge in [0.1, 0.15) is 0 Å². The van der Waals surface area contributed by atoms with Crippen LogP contribution in [0, 0.1) is 6.92 Å². The van der Waals surface area contributed by atoms with Crippen molar-refractivity contribution in [2.75, 3.05) is 5.32 Å². The van der Waals surface area contributed by atoms with E-state index in [1.165, 1.54) is 19.1 Å². The van der Waals surface area contributed by atoms with Gasteiger partial charge < -0.3 is 5.32 Å². The van der Waals surface area contributed by atoms with Gasteiger partial charge in [-0.05, 0) is 38.0 Å². The summed E-state index contributed by atoms with van der Waals surface area (Å²) in [4.78, 5) is 0. The topological polar surface area (TPSA) is 12.0 Å². The van der Waals surface area contributed by atoms with Crippen molar-refractivity contribution < 1.29 is 13.2 Å². The maximum atomic E-state index is 12.7. The first-order valence-corrected chi connectivity index (χ1v) is 6.29. The lowest BCUT2D eigenvalue weighted by atomic mass is 10.1. The average Bonchev–Trinajstić information content (AvgIpc) is 2.27. The van der Waals surface area contributed by atoms with Crippen molar-refractivity contribution in [1.82, 2.24) is 0 Å². The van der Waals surface area contributed by atoms with Gasteiger partial charge in [0.25, 0.3) is 0 Å². The number of alkyl halides is 3. The van der Waals surface area contributed by atoms with Crippen molar-refractivity contribution in [3.63, 3.8) is 0 Å². The first-order chi connectivity index (χ1) is 8.34. The van der Waals surface area contributed by atoms with Gasteiger partial charge >= 0.3 is 6.18 Å². The molecule has 0 fully saturated rings. The van der Waals surface area contributed by atoms with Crippen LogP contribution in [0.2, 0.25) is 0 Å². The molecule has 1 rings (SSSR count). The number of aryl methyl sites for hydroxylation is 1. The predicted octanol–water partition coefficient (Wildman–Crippen LogP) is 5.00. The highest BCUT2D eigenvalue weighted by atomic mass is 19.4. The van der Waals surface area contributed by atoms with Gasteiger partial charge in [0.05, 0.1) is 5.56 Å². The summed E-state index contributed by atoms with van der Waals surface area (Å²) >= 11 is 0. The summed E-state index contributed by atoms with van der Waals surface area (Å²) < 4.78 is 38.2. The molecule has 0 spiro atoms. The molecule has 0 aromatic heterocycles. The number of benzene rings is 1. The van der Waals surface area contributed by atoms with Crippen LogP contribution < -0.4 is 5.32 Å². The van der Waals surface area contributed by atoms with Crippen molar-refractivity contribution >= 4 is 5.69 Å². The number of hydrogen-bond donors (Lipinski definition) is 1. The molecule has 4 heteroatoms. The largest absolute Gasteiger partial charge is 0.416 e. The molecule has 0 heterocycles. The second kappa shape index (κ2) is 6.12. The molecule has 0 saturated heterocycles. The van der Waals surface area contributed by atoms with Crippen LogP contribution in [0.3, 0.4) is 0 Å². The third-order valence-corrected chi connectivity index (χ3v) is 2.95. The molecule has 1 aromatic carbocycles. The fraction of sp³-hybridized carbons (Fsp3) is 0.571. The molecule has 0 aliphatic carbocycles. The van der Waals surface area contributed by atoms with E-state index in [2.05, 4.69) is 12.2 Å². The smallest absolute Gasteiger partial charge is 0.383 e. The van der Waals surface area contributed by atoms with Crippen molar-refractivity contribution in [1.29, 1.82) is 0 Å². The summed E-state index contributed by atoms with van der Waals surface area (Å²) in [6.07, 6.45) is -1.15. The Morgan fingerprint density at radius 1 is 1.28 bits per heavy atom. The number of unbranched alkanes of at least 4 members (excludes halogenated alkanes) is 1. The molecular formula is C14H20F3N. The molecule has 0 bridgehead atoms. The molecule has 1 nitrogen and oxygen atoms in total. The molecule has 1 N–H and O–H groups in total. The summed E-state index contributed by atoms with van der Waals surface area (Å²) in [7, 11) is 0. The summed E-state index contributed by atoms with van der Waals surface area (Å²) in [5.74, 6) is 0. The van der Waals surface area contributed by atoms with Crippen molar-refractivity contribution in [3.05, 3.63) is 29.3 Å². The minimum atomic E-state index is -4.28. The molecule has 1 aromatic rings. The lowest BCUT2D eigenvalue weighted by Gasteiger charge is -2.17. The molecule has 0 aliphatic heterocycles. The van der Waals surface area contributed by atoms with E-state index in [-0.39, 0.29) is 11.6 Å². The van der Waals surface area contributed by atoms with Crippen LogP contribution in [0.15, 0.2) is 18.2 Å². The van der Waals surface area contributed by atoms with Gasteiger partial charge in [-0.15, -0.1) is 0 Å². The van der Waals surface area contributed by atoms with E-state index in [1.54, 1.807) is 6.07 Å². The van der Waals surface area contributed by atoms with Crippen molar-refractivity contribution in [3.8, 4) is 0 Å². The van der Waals surface area contributed by atoms with Gasteiger partial charge in [0, 0.05) is 11.7 Å². The van der Waals surface area contributed by atoms with Crippen LogP contribution in [-0.4, -0.2) is 6.04 Å². The number of anilines is 1. The Labute approximate surface area is 106 Å². The molecule has 102 valence electrons. The fourth-order valence-corrected chi connectivity index (χ4v) is 1.88. The molecule has 18 heavy (non-hydrogen) atoms. The molecule has 0 radical (unpaired) electrons. The number of nitrogens with one attached hydrogen (secondary N) is 1. The summed E-state index contributed by atoms with van der Waals surface area (Å²) in [6, 6.07) is 4.59. The Hall–Kier alpha value is -1.19. The molecule has 0 amide bonds. The normalized spacial score (nSPS) is 13.4. The van der Waals surface area contributed by atoms with E-state index < -0.39 is 11.7 Å². The Balaban J connectivity index is 2.79. The molecule has 0 saturated carbocycles. The number of hydrogen-bond acceptors (Lipinski definition) is 1. The van der Waals surface area contributed by atoms with Crippen LogP contribution in [0.1, 0.15) is 44.2 Å². The lowest BCUT2D eigenvalue weighted by molar-refractivity contribution is -0.138. The SMILES string of the molecule is CCCCC(C)Nc1ccc(C)c(C(F)(F)F)c1. The van der Waals surface area contributed by atoms with Crippen LogP contribution in [-0.2, 0) is 6.18 Å². The van der Waals surface area contributed by atoms with E-state index >= 15 is 0 Å². The minimum absolute atomic E-state index is 0.189.